The van der Waals surface area contributed by atoms with Crippen LogP contribution in [0.15, 0.2) is 24.3 Å². The maximum atomic E-state index is 6.20. The molecule has 0 radical (unpaired) electrons. The molecule has 1 heterocycles. The van der Waals surface area contributed by atoms with Crippen LogP contribution in [0.2, 0.25) is 19.6 Å². The van der Waals surface area contributed by atoms with E-state index >= 15 is 0 Å². The summed E-state index contributed by atoms with van der Waals surface area (Å²) in [6.07, 6.45) is 8.75. The number of ether oxygens (including phenoxy) is 1. The minimum Gasteiger partial charge on any atom is -0.361 e. The fraction of sp³-hybridized carbons (Fsp3) is 0.684. The van der Waals surface area contributed by atoms with Gasteiger partial charge in [-0.15, -0.1) is 5.10 Å². The first kappa shape index (κ1) is 19.1. The number of unbranched alkanes of at least 4 members (excludes halogenated alkanes) is 5. The highest BCUT2D eigenvalue weighted by atomic mass is 28.3. The molecule has 0 saturated heterocycles. The number of aromatic nitrogens is 3. The van der Waals surface area contributed by atoms with E-state index in [2.05, 4.69) is 53.7 Å². The number of nitrogens with zero attached hydrogens (tertiary/aromatic N) is 3. The summed E-state index contributed by atoms with van der Waals surface area (Å²) >= 11 is 0. The predicted octanol–water partition coefficient (Wildman–Crippen LogP) is 5.36. The lowest BCUT2D eigenvalue weighted by atomic mass is 10.1. The van der Waals surface area contributed by atoms with Crippen molar-refractivity contribution in [1.29, 1.82) is 0 Å². The molecule has 1 aromatic carbocycles. The van der Waals surface area contributed by atoms with E-state index < -0.39 is 8.07 Å². The molecule has 0 aliphatic rings. The number of rotatable bonds is 10. The van der Waals surface area contributed by atoms with Crippen LogP contribution in [0.25, 0.3) is 11.0 Å². The number of hydrogen-bond acceptors (Lipinski definition) is 3. The van der Waals surface area contributed by atoms with E-state index in [1.165, 1.54) is 38.5 Å². The maximum absolute atomic E-state index is 6.20. The van der Waals surface area contributed by atoms with E-state index in [1.54, 1.807) is 0 Å². The van der Waals surface area contributed by atoms with Gasteiger partial charge in [-0.1, -0.05) is 76.0 Å². The van der Waals surface area contributed by atoms with Gasteiger partial charge in [-0.25, -0.2) is 4.68 Å². The molecule has 1 unspecified atom stereocenters. The molecule has 0 spiro atoms. The van der Waals surface area contributed by atoms with Gasteiger partial charge in [-0.2, -0.15) is 0 Å². The topological polar surface area (TPSA) is 39.9 Å². The summed E-state index contributed by atoms with van der Waals surface area (Å²) in [6.45, 7) is 9.36. The minimum absolute atomic E-state index is 0.339. The highest BCUT2D eigenvalue weighted by Gasteiger charge is 2.46. The molecule has 0 saturated carbocycles. The van der Waals surface area contributed by atoms with E-state index in [0.29, 0.717) is 0 Å². The normalized spacial score (nSPS) is 14.9. The summed E-state index contributed by atoms with van der Waals surface area (Å²) in [5.74, 6) is 0. The number of methoxy groups -OCH3 is 1. The van der Waals surface area contributed by atoms with Gasteiger partial charge in [0.25, 0.3) is 0 Å². The molecular formula is C19H33N3OSi. The number of fused-ring (bicyclic) bond motifs is 1. The zero-order valence-corrected chi connectivity index (χ0v) is 17.0. The van der Waals surface area contributed by atoms with Crippen molar-refractivity contribution in [3.8, 4) is 0 Å². The van der Waals surface area contributed by atoms with Gasteiger partial charge in [0.15, 0.2) is 0 Å². The van der Waals surface area contributed by atoms with Gasteiger partial charge in [-0.3, -0.25) is 0 Å². The van der Waals surface area contributed by atoms with Gasteiger partial charge >= 0.3 is 0 Å². The first-order chi connectivity index (χ1) is 11.5. The van der Waals surface area contributed by atoms with E-state index in [4.69, 9.17) is 4.74 Å². The molecule has 0 aliphatic heterocycles. The van der Waals surface area contributed by atoms with E-state index in [9.17, 15) is 0 Å². The third kappa shape index (κ3) is 3.89. The zero-order valence-electron chi connectivity index (χ0n) is 16.0. The molecule has 1 atom stereocenters. The molecule has 1 aromatic heterocycles. The van der Waals surface area contributed by atoms with Crippen LogP contribution < -0.4 is 0 Å². The Bertz CT molecular complexity index is 635. The Morgan fingerprint density at radius 1 is 1.04 bits per heavy atom. The van der Waals surface area contributed by atoms with Crippen molar-refractivity contribution in [3.05, 3.63) is 24.3 Å². The van der Waals surface area contributed by atoms with Crippen LogP contribution in [0.4, 0.5) is 0 Å². The second kappa shape index (κ2) is 8.25. The molecule has 5 heteroatoms. The molecule has 0 fully saturated rings. The largest absolute Gasteiger partial charge is 0.361 e. The lowest BCUT2D eigenvalue weighted by Gasteiger charge is -2.42. The van der Waals surface area contributed by atoms with Crippen molar-refractivity contribution in [3.63, 3.8) is 0 Å². The van der Waals surface area contributed by atoms with Gasteiger partial charge in [-0.05, 0) is 25.0 Å². The summed E-state index contributed by atoms with van der Waals surface area (Å²) in [4.78, 5) is 0. The Hall–Kier alpha value is -1.20. The van der Waals surface area contributed by atoms with Crippen LogP contribution in [0, 0.1) is 0 Å². The van der Waals surface area contributed by atoms with Gasteiger partial charge in [0.1, 0.15) is 18.9 Å². The van der Waals surface area contributed by atoms with Crippen LogP contribution in [-0.2, 0) is 10.1 Å². The van der Waals surface area contributed by atoms with Crippen molar-refractivity contribution in [1.82, 2.24) is 15.0 Å². The van der Waals surface area contributed by atoms with Crippen LogP contribution in [0.5, 0.6) is 0 Å². The number of benzene rings is 1. The summed E-state index contributed by atoms with van der Waals surface area (Å²) in [5, 5.41) is 8.54. The zero-order chi connectivity index (χ0) is 17.6. The number of para-hydroxylation sites is 1. The van der Waals surface area contributed by atoms with Crippen molar-refractivity contribution in [2.24, 2.45) is 0 Å². The van der Waals surface area contributed by atoms with Gasteiger partial charge in [0.05, 0.1) is 5.52 Å². The lowest BCUT2D eigenvalue weighted by Crippen LogP contribution is -2.55. The lowest BCUT2D eigenvalue weighted by molar-refractivity contribution is -0.0288. The minimum atomic E-state index is -1.70. The average molecular weight is 348 g/mol. The van der Waals surface area contributed by atoms with E-state index in [0.717, 1.165) is 17.5 Å². The molecule has 0 N–H and O–H groups in total. The van der Waals surface area contributed by atoms with Gasteiger partial charge in [0.2, 0.25) is 0 Å². The highest BCUT2D eigenvalue weighted by Crippen LogP contribution is 2.36. The van der Waals surface area contributed by atoms with Crippen LogP contribution in [-0.4, -0.2) is 30.2 Å². The Kier molecular flexibility index (Phi) is 6.58. The first-order valence-corrected chi connectivity index (χ1v) is 12.8. The first-order valence-electron chi connectivity index (χ1n) is 9.32. The standard InChI is InChI=1S/C19H33N3OSi/c1-6-7-8-9-10-13-16-19(23-2,24(3,4)5)22-18-15-12-11-14-17(18)20-21-22/h11-12,14-15H,6-10,13,16H2,1-5H3. The Morgan fingerprint density at radius 2 is 1.71 bits per heavy atom. The smallest absolute Gasteiger partial charge is 0.146 e. The summed E-state index contributed by atoms with van der Waals surface area (Å²) in [6, 6.07) is 8.19. The molecule has 0 amide bonds. The molecule has 2 rings (SSSR count). The molecular weight excluding hydrogens is 314 g/mol. The predicted molar refractivity (Wildman–Crippen MR) is 104 cm³/mol. The molecule has 24 heavy (non-hydrogen) atoms. The Balaban J connectivity index is 2.24. The van der Waals surface area contributed by atoms with Gasteiger partial charge in [0, 0.05) is 7.11 Å². The summed E-state index contributed by atoms with van der Waals surface area (Å²) in [5.41, 5.74) is 2.02. The summed E-state index contributed by atoms with van der Waals surface area (Å²) < 4.78 is 8.27. The second-order valence-electron chi connectivity index (χ2n) is 7.75. The fourth-order valence-corrected chi connectivity index (χ4v) is 5.91. The van der Waals surface area contributed by atoms with E-state index in [1.807, 2.05) is 19.2 Å². The fourth-order valence-electron chi connectivity index (χ4n) is 3.57. The van der Waals surface area contributed by atoms with Crippen molar-refractivity contribution in [2.75, 3.05) is 7.11 Å². The summed E-state index contributed by atoms with van der Waals surface area (Å²) in [7, 11) is 0.143. The highest BCUT2D eigenvalue weighted by molar-refractivity contribution is 6.78. The van der Waals surface area contributed by atoms with Crippen LogP contribution >= 0.6 is 0 Å². The van der Waals surface area contributed by atoms with Gasteiger partial charge < -0.3 is 4.74 Å². The Labute approximate surface area is 147 Å². The Morgan fingerprint density at radius 3 is 2.38 bits per heavy atom. The molecule has 0 aliphatic carbocycles. The number of hydrogen-bond donors (Lipinski definition) is 0. The molecule has 4 nitrogen and oxygen atoms in total. The van der Waals surface area contributed by atoms with E-state index in [-0.39, 0.29) is 5.35 Å². The SMILES string of the molecule is CCCCCCCCC(OC)(n1nnc2ccccc21)[Si](C)(C)C. The van der Waals surface area contributed by atoms with Crippen LogP contribution in [0.3, 0.4) is 0 Å². The van der Waals surface area contributed by atoms with Crippen LogP contribution in [0.1, 0.15) is 51.9 Å². The average Bonchev–Trinajstić information content (AvgIpc) is 2.98. The van der Waals surface area contributed by atoms with Crippen molar-refractivity contribution >= 4 is 19.1 Å². The van der Waals surface area contributed by atoms with Crippen molar-refractivity contribution in [2.45, 2.75) is 76.9 Å². The second-order valence-corrected chi connectivity index (χ2v) is 13.0. The monoisotopic (exact) mass is 347 g/mol. The van der Waals surface area contributed by atoms with Crippen molar-refractivity contribution < 1.29 is 4.74 Å². The maximum Gasteiger partial charge on any atom is 0.146 e. The molecule has 134 valence electrons. The quantitative estimate of drug-likeness (QED) is 0.429. The molecule has 0 bridgehead atoms. The third-order valence-corrected chi connectivity index (χ3v) is 8.08. The third-order valence-electron chi connectivity index (χ3n) is 5.07. The molecule has 2 aromatic rings.